The van der Waals surface area contributed by atoms with Crippen LogP contribution in [0.3, 0.4) is 0 Å². The van der Waals surface area contributed by atoms with Crippen molar-refractivity contribution in [3.8, 4) is 0 Å². The highest BCUT2D eigenvalue weighted by atomic mass is 32.2. The van der Waals surface area contributed by atoms with E-state index < -0.39 is 10.8 Å². The van der Waals surface area contributed by atoms with Crippen LogP contribution in [0.25, 0.3) is 0 Å². The number of methoxy groups -OCH3 is 1. The summed E-state index contributed by atoms with van der Waals surface area (Å²) in [6.45, 7) is 6.76. The van der Waals surface area contributed by atoms with Gasteiger partial charge >= 0.3 is 5.97 Å². The third-order valence-corrected chi connectivity index (χ3v) is 6.36. The molecule has 0 aromatic rings. The predicted octanol–water partition coefficient (Wildman–Crippen LogP) is 1.35. The Hall–Kier alpha value is -0.950. The lowest BCUT2D eigenvalue weighted by Crippen LogP contribution is -2.45. The molecule has 1 aliphatic carbocycles. The van der Waals surface area contributed by atoms with Crippen molar-refractivity contribution in [2.75, 3.05) is 25.2 Å². The summed E-state index contributed by atoms with van der Waals surface area (Å²) in [5, 5.41) is 0. The molecule has 138 valence electrons. The number of nitrogens with zero attached hydrogens (tertiary/aromatic N) is 1. The maximum Gasteiger partial charge on any atom is 0.311 e. The molecule has 4 rings (SSSR count). The standard InChI is InChI=1S/C12H17NO4S.C5H12O/c14-7-13-6-8-5-10(13)11(8)12(15)17-9-1-3-18(16)4-2-9;1-5(2,3)6-4/h7-11H,1-6H2;1-4H3. The summed E-state index contributed by atoms with van der Waals surface area (Å²) < 4.78 is 21.7. The molecule has 1 saturated carbocycles. The Morgan fingerprint density at radius 1 is 1.25 bits per heavy atom. The number of amides is 1. The summed E-state index contributed by atoms with van der Waals surface area (Å²) in [6, 6.07) is 0.0673. The number of esters is 1. The molecule has 3 aliphatic heterocycles. The Labute approximate surface area is 146 Å². The first kappa shape index (κ1) is 19.4. The molecular weight excluding hydrogens is 330 g/mol. The third-order valence-electron chi connectivity index (χ3n) is 4.98. The van der Waals surface area contributed by atoms with Crippen LogP contribution in [0.1, 0.15) is 40.0 Å². The van der Waals surface area contributed by atoms with Crippen LogP contribution in [-0.2, 0) is 29.9 Å². The van der Waals surface area contributed by atoms with Gasteiger partial charge in [-0.25, -0.2) is 0 Å². The molecule has 0 aromatic heterocycles. The number of hydrogen-bond acceptors (Lipinski definition) is 5. The molecule has 1 amide bonds. The van der Waals surface area contributed by atoms with Crippen LogP contribution in [0, 0.1) is 11.8 Å². The van der Waals surface area contributed by atoms with Gasteiger partial charge in [0.2, 0.25) is 6.41 Å². The fourth-order valence-electron chi connectivity index (χ4n) is 3.26. The van der Waals surface area contributed by atoms with E-state index in [1.54, 1.807) is 12.0 Å². The van der Waals surface area contributed by atoms with Crippen molar-refractivity contribution in [2.45, 2.75) is 57.8 Å². The van der Waals surface area contributed by atoms with Gasteiger partial charge in [0.25, 0.3) is 0 Å². The lowest BCUT2D eigenvalue weighted by molar-refractivity contribution is -0.160. The Morgan fingerprint density at radius 2 is 1.83 bits per heavy atom. The average molecular weight is 359 g/mol. The van der Waals surface area contributed by atoms with Gasteiger partial charge < -0.3 is 14.4 Å². The summed E-state index contributed by atoms with van der Waals surface area (Å²) in [7, 11) is 0.979. The normalized spacial score (nSPS) is 34.7. The van der Waals surface area contributed by atoms with E-state index in [0.29, 0.717) is 36.8 Å². The second-order valence-electron chi connectivity index (χ2n) is 7.69. The fourth-order valence-corrected chi connectivity index (χ4v) is 4.52. The van der Waals surface area contributed by atoms with Crippen molar-refractivity contribution < 1.29 is 23.3 Å². The number of fused-ring (bicyclic) bond motifs is 1. The zero-order valence-corrected chi connectivity index (χ0v) is 15.8. The van der Waals surface area contributed by atoms with Crippen molar-refractivity contribution in [1.82, 2.24) is 4.90 Å². The van der Waals surface area contributed by atoms with Crippen molar-refractivity contribution in [3.05, 3.63) is 0 Å². The topological polar surface area (TPSA) is 72.9 Å². The van der Waals surface area contributed by atoms with Crippen molar-refractivity contribution in [3.63, 3.8) is 0 Å². The highest BCUT2D eigenvalue weighted by Crippen LogP contribution is 2.46. The Bertz CT molecular complexity index is 480. The molecule has 7 heteroatoms. The van der Waals surface area contributed by atoms with Gasteiger partial charge in [-0.05, 0) is 46.0 Å². The largest absolute Gasteiger partial charge is 0.462 e. The minimum Gasteiger partial charge on any atom is -0.462 e. The van der Waals surface area contributed by atoms with Crippen LogP contribution in [0.5, 0.6) is 0 Å². The fraction of sp³-hybridized carbons (Fsp3) is 0.882. The summed E-state index contributed by atoms with van der Waals surface area (Å²) in [4.78, 5) is 24.5. The zero-order valence-electron chi connectivity index (χ0n) is 15.0. The minimum absolute atomic E-state index is 0.0417. The Kier molecular flexibility index (Phi) is 6.42. The first-order chi connectivity index (χ1) is 11.2. The van der Waals surface area contributed by atoms with Gasteiger partial charge in [-0.2, -0.15) is 0 Å². The van der Waals surface area contributed by atoms with Crippen molar-refractivity contribution >= 4 is 23.2 Å². The van der Waals surface area contributed by atoms with Gasteiger partial charge in [-0.15, -0.1) is 0 Å². The van der Waals surface area contributed by atoms with Crippen LogP contribution in [0.4, 0.5) is 0 Å². The summed E-state index contributed by atoms with van der Waals surface area (Å²) in [6.07, 6.45) is 3.12. The molecule has 0 N–H and O–H groups in total. The third kappa shape index (κ3) is 4.79. The first-order valence-electron chi connectivity index (χ1n) is 8.57. The summed E-state index contributed by atoms with van der Waals surface area (Å²) in [5.74, 6) is 1.30. The van der Waals surface area contributed by atoms with E-state index in [0.717, 1.165) is 12.8 Å². The van der Waals surface area contributed by atoms with Crippen LogP contribution in [0.15, 0.2) is 0 Å². The first-order valence-corrected chi connectivity index (χ1v) is 10.1. The molecule has 6 nitrogen and oxygen atoms in total. The van der Waals surface area contributed by atoms with E-state index >= 15 is 0 Å². The molecule has 3 unspecified atom stereocenters. The number of rotatable bonds is 3. The summed E-state index contributed by atoms with van der Waals surface area (Å²) >= 11 is 0. The molecule has 4 fully saturated rings. The van der Waals surface area contributed by atoms with Gasteiger partial charge in [0.15, 0.2) is 0 Å². The van der Waals surface area contributed by atoms with Gasteiger partial charge in [0.05, 0.1) is 11.5 Å². The minimum atomic E-state index is -0.729. The van der Waals surface area contributed by atoms with E-state index in [9.17, 15) is 13.8 Å². The average Bonchev–Trinajstić information content (AvgIpc) is 3.08. The van der Waals surface area contributed by atoms with Crippen molar-refractivity contribution in [2.24, 2.45) is 11.8 Å². The van der Waals surface area contributed by atoms with Gasteiger partial charge in [-0.3, -0.25) is 13.8 Å². The molecule has 3 atom stereocenters. The molecule has 3 saturated heterocycles. The second-order valence-corrected chi connectivity index (χ2v) is 9.39. The molecule has 0 radical (unpaired) electrons. The van der Waals surface area contributed by atoms with Gasteiger partial charge in [0, 0.05) is 42.0 Å². The molecule has 2 bridgehead atoms. The van der Waals surface area contributed by atoms with Crippen LogP contribution < -0.4 is 0 Å². The predicted molar refractivity (Wildman–Crippen MR) is 91.9 cm³/mol. The lowest BCUT2D eigenvalue weighted by atomic mass is 9.74. The number of hydrogen-bond donors (Lipinski definition) is 0. The van der Waals surface area contributed by atoms with Crippen LogP contribution in [-0.4, -0.2) is 64.4 Å². The second kappa shape index (κ2) is 7.95. The van der Waals surface area contributed by atoms with Crippen LogP contribution >= 0.6 is 0 Å². The molecule has 3 heterocycles. The lowest BCUT2D eigenvalue weighted by Gasteiger charge is -2.35. The quantitative estimate of drug-likeness (QED) is 0.562. The van der Waals surface area contributed by atoms with Gasteiger partial charge in [-0.1, -0.05) is 0 Å². The molecular formula is C17H29NO5S. The number of carbonyl (C=O) groups excluding carboxylic acids is 2. The number of carbonyl (C=O) groups is 2. The molecule has 0 aromatic carbocycles. The molecule has 0 spiro atoms. The maximum atomic E-state index is 12.1. The van der Waals surface area contributed by atoms with E-state index in [1.807, 2.05) is 20.8 Å². The highest BCUT2D eigenvalue weighted by molar-refractivity contribution is 7.85. The SMILES string of the molecule is COC(C)(C)C.O=CN1CC2CC1C2C(=O)OC1CCS(=O)CC1. The molecule has 4 aliphatic rings. The van der Waals surface area contributed by atoms with Crippen LogP contribution in [0.2, 0.25) is 0 Å². The molecule has 24 heavy (non-hydrogen) atoms. The van der Waals surface area contributed by atoms with E-state index in [2.05, 4.69) is 0 Å². The monoisotopic (exact) mass is 359 g/mol. The van der Waals surface area contributed by atoms with Gasteiger partial charge in [0.1, 0.15) is 6.10 Å². The summed E-state index contributed by atoms with van der Waals surface area (Å²) in [5.41, 5.74) is 0.0417. The highest BCUT2D eigenvalue weighted by Gasteiger charge is 2.56. The van der Waals surface area contributed by atoms with Crippen molar-refractivity contribution in [1.29, 1.82) is 0 Å². The zero-order chi connectivity index (χ0) is 17.9. The Morgan fingerprint density at radius 3 is 2.29 bits per heavy atom. The van der Waals surface area contributed by atoms with E-state index in [1.165, 1.54) is 0 Å². The van der Waals surface area contributed by atoms with E-state index in [4.69, 9.17) is 9.47 Å². The number of ether oxygens (including phenoxy) is 2. The maximum absolute atomic E-state index is 12.1. The van der Waals surface area contributed by atoms with E-state index in [-0.39, 0.29) is 29.6 Å². The smallest absolute Gasteiger partial charge is 0.311 e. The Balaban J connectivity index is 0.000000301.